The van der Waals surface area contributed by atoms with E-state index in [1.165, 1.54) is 0 Å². The summed E-state index contributed by atoms with van der Waals surface area (Å²) in [5.41, 5.74) is 2.40. The van der Waals surface area contributed by atoms with Crippen molar-refractivity contribution in [1.29, 1.82) is 0 Å². The summed E-state index contributed by atoms with van der Waals surface area (Å²) in [5.74, 6) is 0.189. The molecule has 1 unspecified atom stereocenters. The van der Waals surface area contributed by atoms with Crippen LogP contribution in [0.2, 0.25) is 0 Å². The van der Waals surface area contributed by atoms with Crippen molar-refractivity contribution >= 4 is 11.7 Å². The van der Waals surface area contributed by atoms with Crippen LogP contribution in [0.15, 0.2) is 42.5 Å². The van der Waals surface area contributed by atoms with Gasteiger partial charge in [0.1, 0.15) is 0 Å². The fourth-order valence-corrected chi connectivity index (χ4v) is 3.79. The van der Waals surface area contributed by atoms with Gasteiger partial charge in [0.25, 0.3) is 0 Å². The number of amides is 1. The van der Waals surface area contributed by atoms with E-state index >= 15 is 0 Å². The van der Waals surface area contributed by atoms with Crippen LogP contribution in [0.5, 0.6) is 0 Å². The number of ketones is 1. The van der Waals surface area contributed by atoms with E-state index in [4.69, 9.17) is 0 Å². The van der Waals surface area contributed by atoms with E-state index in [0.717, 1.165) is 44.6 Å². The van der Waals surface area contributed by atoms with E-state index < -0.39 is 0 Å². The molecule has 1 fully saturated rings. The predicted octanol–water partition coefficient (Wildman–Crippen LogP) is 2.83. The van der Waals surface area contributed by atoms with Crippen LogP contribution < -0.4 is 0 Å². The lowest BCUT2D eigenvalue weighted by molar-refractivity contribution is -0.131. The monoisotopic (exact) mass is 308 g/mol. The number of hydrogen-bond acceptors (Lipinski definition) is 2. The largest absolute Gasteiger partial charge is 0.342 e. The molecule has 0 saturated carbocycles. The summed E-state index contributed by atoms with van der Waals surface area (Å²) in [6.45, 7) is 2.51. The van der Waals surface area contributed by atoms with E-state index in [0.29, 0.717) is 11.3 Å². The third kappa shape index (κ3) is 2.38. The second-order valence-electron chi connectivity index (χ2n) is 6.36. The van der Waals surface area contributed by atoms with Crippen LogP contribution >= 0.6 is 0 Å². The minimum atomic E-state index is -0.0783. The first kappa shape index (κ1) is 14.2. The number of hydrogen-bond donors (Lipinski definition) is 0. The molecule has 4 heteroatoms. The van der Waals surface area contributed by atoms with Gasteiger partial charge in [-0.25, -0.2) is 0 Å². The number of rotatable bonds is 3. The van der Waals surface area contributed by atoms with Crippen molar-refractivity contribution in [2.75, 3.05) is 13.1 Å². The van der Waals surface area contributed by atoms with Crippen molar-refractivity contribution in [2.45, 2.75) is 31.7 Å². The van der Waals surface area contributed by atoms with Crippen molar-refractivity contribution in [3.05, 3.63) is 59.4 Å². The summed E-state index contributed by atoms with van der Waals surface area (Å²) in [4.78, 5) is 27.3. The molecule has 1 aromatic carbocycles. The molecular formula is C19H20N2O2. The Kier molecular flexibility index (Phi) is 3.52. The first-order valence-corrected chi connectivity index (χ1v) is 8.33. The number of likely N-dealkylation sites (tertiary alicyclic amines) is 1. The minimum Gasteiger partial charge on any atom is -0.342 e. The summed E-state index contributed by atoms with van der Waals surface area (Å²) in [7, 11) is 0. The molecular weight excluding hydrogens is 288 g/mol. The van der Waals surface area contributed by atoms with Crippen molar-refractivity contribution in [2.24, 2.45) is 0 Å². The Balaban J connectivity index is 1.61. The number of aromatic nitrogens is 1. The smallest absolute Gasteiger partial charge is 0.231 e. The first-order valence-electron chi connectivity index (χ1n) is 8.33. The zero-order valence-corrected chi connectivity index (χ0v) is 13.1. The Morgan fingerprint density at radius 1 is 0.913 bits per heavy atom. The summed E-state index contributed by atoms with van der Waals surface area (Å²) in [6.07, 6.45) is 3.02. The molecule has 1 saturated heterocycles. The zero-order valence-electron chi connectivity index (χ0n) is 13.1. The van der Waals surface area contributed by atoms with Crippen LogP contribution in [0.4, 0.5) is 0 Å². The number of carbonyl (C=O) groups excluding carboxylic acids is 2. The molecule has 4 nitrogen and oxygen atoms in total. The van der Waals surface area contributed by atoms with Gasteiger partial charge in [0, 0.05) is 30.9 Å². The van der Waals surface area contributed by atoms with Gasteiger partial charge in [-0.15, -0.1) is 0 Å². The Morgan fingerprint density at radius 3 is 2.39 bits per heavy atom. The van der Waals surface area contributed by atoms with Crippen LogP contribution in [0.3, 0.4) is 0 Å². The van der Waals surface area contributed by atoms with E-state index in [-0.39, 0.29) is 17.6 Å². The molecule has 118 valence electrons. The predicted molar refractivity (Wildman–Crippen MR) is 87.5 cm³/mol. The average Bonchev–Trinajstić information content (AvgIpc) is 3.31. The Labute approximate surface area is 135 Å². The fraction of sp³-hybridized carbons (Fsp3) is 0.368. The highest BCUT2D eigenvalue weighted by Gasteiger charge is 2.35. The molecule has 23 heavy (non-hydrogen) atoms. The third-order valence-corrected chi connectivity index (χ3v) is 5.00. The van der Waals surface area contributed by atoms with Crippen molar-refractivity contribution in [3.63, 3.8) is 0 Å². The molecule has 1 amide bonds. The van der Waals surface area contributed by atoms with Gasteiger partial charge in [0.15, 0.2) is 0 Å². The van der Waals surface area contributed by atoms with Crippen molar-refractivity contribution in [3.8, 4) is 0 Å². The molecule has 1 atom stereocenters. The molecule has 0 radical (unpaired) electrons. The summed E-state index contributed by atoms with van der Waals surface area (Å²) in [6, 6.07) is 13.2. The average molecular weight is 308 g/mol. The molecule has 2 aliphatic heterocycles. The molecule has 2 aliphatic rings. The first-order chi connectivity index (χ1) is 11.3. The van der Waals surface area contributed by atoms with Gasteiger partial charge in [-0.1, -0.05) is 30.3 Å². The van der Waals surface area contributed by atoms with Crippen LogP contribution in [0, 0.1) is 0 Å². The molecule has 4 rings (SSSR count). The normalized spacial score (nSPS) is 19.8. The molecule has 0 bridgehead atoms. The van der Waals surface area contributed by atoms with Crippen LogP contribution in [-0.2, 0) is 11.3 Å². The summed E-state index contributed by atoms with van der Waals surface area (Å²) < 4.78 is 2.04. The highest BCUT2D eigenvalue weighted by atomic mass is 16.2. The van der Waals surface area contributed by atoms with Gasteiger partial charge < -0.3 is 9.47 Å². The van der Waals surface area contributed by atoms with Crippen LogP contribution in [-0.4, -0.2) is 34.2 Å². The van der Waals surface area contributed by atoms with Gasteiger partial charge in [0.05, 0.1) is 11.6 Å². The topological polar surface area (TPSA) is 42.3 Å². The summed E-state index contributed by atoms with van der Waals surface area (Å²) >= 11 is 0. The Morgan fingerprint density at radius 2 is 1.65 bits per heavy atom. The highest BCUT2D eigenvalue weighted by molar-refractivity contribution is 6.08. The number of carbonyl (C=O) groups is 2. The lowest BCUT2D eigenvalue weighted by Gasteiger charge is -2.19. The van der Waals surface area contributed by atoms with Gasteiger partial charge in [-0.05, 0) is 31.4 Å². The molecule has 2 aromatic rings. The quantitative estimate of drug-likeness (QED) is 0.818. The number of fused-ring (bicyclic) bond motifs is 1. The number of nitrogens with zero attached hydrogens (tertiary/aromatic N) is 2. The number of benzene rings is 1. The van der Waals surface area contributed by atoms with Crippen LogP contribution in [0.25, 0.3) is 0 Å². The van der Waals surface area contributed by atoms with E-state index in [1.54, 1.807) is 0 Å². The maximum absolute atomic E-state index is 12.7. The van der Waals surface area contributed by atoms with Gasteiger partial charge >= 0.3 is 0 Å². The lowest BCUT2D eigenvalue weighted by atomic mass is 10.0. The van der Waals surface area contributed by atoms with Gasteiger partial charge in [0.2, 0.25) is 11.7 Å². The SMILES string of the molecule is O=C(c1ccccc1)c1ccc2n1CCC2C(=O)N1CCCC1. The lowest BCUT2D eigenvalue weighted by Crippen LogP contribution is -2.31. The molecule has 0 spiro atoms. The van der Waals surface area contributed by atoms with E-state index in [1.807, 2.05) is 51.9 Å². The molecule has 1 aromatic heterocycles. The maximum atomic E-state index is 12.7. The maximum Gasteiger partial charge on any atom is 0.231 e. The second-order valence-corrected chi connectivity index (χ2v) is 6.36. The minimum absolute atomic E-state index is 0.0334. The van der Waals surface area contributed by atoms with Crippen molar-refractivity contribution < 1.29 is 9.59 Å². The molecule has 0 N–H and O–H groups in total. The van der Waals surface area contributed by atoms with Gasteiger partial charge in [-0.2, -0.15) is 0 Å². The third-order valence-electron chi connectivity index (χ3n) is 5.00. The Bertz CT molecular complexity index is 742. The fourth-order valence-electron chi connectivity index (χ4n) is 3.79. The Hall–Kier alpha value is -2.36. The molecule has 0 aliphatic carbocycles. The highest BCUT2D eigenvalue weighted by Crippen LogP contribution is 2.33. The van der Waals surface area contributed by atoms with E-state index in [9.17, 15) is 9.59 Å². The van der Waals surface area contributed by atoms with Gasteiger partial charge in [-0.3, -0.25) is 9.59 Å². The van der Waals surface area contributed by atoms with Crippen molar-refractivity contribution in [1.82, 2.24) is 9.47 Å². The second kappa shape index (κ2) is 5.69. The summed E-state index contributed by atoms with van der Waals surface area (Å²) in [5, 5.41) is 0. The zero-order chi connectivity index (χ0) is 15.8. The van der Waals surface area contributed by atoms with E-state index in [2.05, 4.69) is 0 Å². The molecule has 3 heterocycles. The standard InChI is InChI=1S/C19H20N2O2/c22-18(14-6-2-1-3-7-14)17-9-8-16-15(10-13-21(16)17)19(23)20-11-4-5-12-20/h1-3,6-9,15H,4-5,10-13H2. The van der Waals surface area contributed by atoms with Crippen LogP contribution in [0.1, 0.15) is 46.9 Å².